The molecule has 1 atom stereocenters. The number of carboxylic acid groups (broad SMARTS) is 1. The molecule has 1 unspecified atom stereocenters. The molecule has 6 heteroatoms. The summed E-state index contributed by atoms with van der Waals surface area (Å²) < 4.78 is 5.11. The Hall–Kier alpha value is -2.89. The molecule has 0 saturated heterocycles. The van der Waals surface area contributed by atoms with Gasteiger partial charge in [-0.2, -0.15) is 0 Å². The number of hydrogen-bond donors (Lipinski definition) is 1. The van der Waals surface area contributed by atoms with Gasteiger partial charge in [0.25, 0.3) is 5.69 Å². The molecule has 0 saturated carbocycles. The highest BCUT2D eigenvalue weighted by Crippen LogP contribution is 2.25. The van der Waals surface area contributed by atoms with Gasteiger partial charge in [-0.05, 0) is 29.7 Å². The van der Waals surface area contributed by atoms with E-state index >= 15 is 0 Å². The quantitative estimate of drug-likeness (QED) is 0.654. The van der Waals surface area contributed by atoms with Crippen molar-refractivity contribution in [2.24, 2.45) is 0 Å². The summed E-state index contributed by atoms with van der Waals surface area (Å²) in [5, 5.41) is 20.1. The molecule has 0 spiro atoms. The molecule has 2 rings (SSSR count). The van der Waals surface area contributed by atoms with E-state index in [2.05, 4.69) is 0 Å². The molecule has 2 aromatic carbocycles. The maximum Gasteiger partial charge on any atom is 0.311 e. The highest BCUT2D eigenvalue weighted by atomic mass is 16.6. The van der Waals surface area contributed by atoms with Crippen molar-refractivity contribution in [3.8, 4) is 5.75 Å². The fourth-order valence-corrected chi connectivity index (χ4v) is 2.20. The Morgan fingerprint density at radius 3 is 2.50 bits per heavy atom. The lowest BCUT2D eigenvalue weighted by molar-refractivity contribution is -0.384. The third-order valence-electron chi connectivity index (χ3n) is 3.38. The van der Waals surface area contributed by atoms with E-state index in [-0.39, 0.29) is 12.1 Å². The van der Waals surface area contributed by atoms with Gasteiger partial charge in [-0.1, -0.05) is 24.3 Å². The van der Waals surface area contributed by atoms with Crippen LogP contribution in [0.15, 0.2) is 48.5 Å². The average molecular weight is 301 g/mol. The van der Waals surface area contributed by atoms with Gasteiger partial charge in [0, 0.05) is 12.1 Å². The monoisotopic (exact) mass is 301 g/mol. The molecule has 0 aliphatic heterocycles. The Kier molecular flexibility index (Phi) is 4.73. The number of hydrogen-bond acceptors (Lipinski definition) is 4. The van der Waals surface area contributed by atoms with Gasteiger partial charge in [-0.3, -0.25) is 14.9 Å². The smallest absolute Gasteiger partial charge is 0.311 e. The van der Waals surface area contributed by atoms with Crippen molar-refractivity contribution >= 4 is 11.7 Å². The Balaban J connectivity index is 2.25. The number of aliphatic carboxylic acids is 1. The molecule has 2 aromatic rings. The van der Waals surface area contributed by atoms with Crippen molar-refractivity contribution in [2.45, 2.75) is 12.3 Å². The van der Waals surface area contributed by atoms with Crippen LogP contribution in [0.5, 0.6) is 5.75 Å². The van der Waals surface area contributed by atoms with Gasteiger partial charge < -0.3 is 9.84 Å². The zero-order valence-corrected chi connectivity index (χ0v) is 11.9. The number of benzene rings is 2. The van der Waals surface area contributed by atoms with E-state index < -0.39 is 16.8 Å². The number of nitrogens with zero attached hydrogens (tertiary/aromatic N) is 1. The average Bonchev–Trinajstić information content (AvgIpc) is 2.52. The summed E-state index contributed by atoms with van der Waals surface area (Å²) in [5.41, 5.74) is 1.34. The largest absolute Gasteiger partial charge is 0.497 e. The first kappa shape index (κ1) is 15.5. The predicted octanol–water partition coefficient (Wildman–Crippen LogP) is 3.01. The van der Waals surface area contributed by atoms with E-state index in [0.717, 1.165) is 5.56 Å². The summed E-state index contributed by atoms with van der Waals surface area (Å²) in [6, 6.07) is 12.8. The van der Waals surface area contributed by atoms with Crippen LogP contribution in [-0.2, 0) is 11.2 Å². The van der Waals surface area contributed by atoms with Crippen LogP contribution in [0, 0.1) is 10.1 Å². The molecule has 6 nitrogen and oxygen atoms in total. The minimum absolute atomic E-state index is 0.0167. The van der Waals surface area contributed by atoms with E-state index in [9.17, 15) is 20.0 Å². The SMILES string of the molecule is COc1cccc(C(Cc2ccc([N+](=O)[O-])cc2)C(=O)O)c1. The van der Waals surface area contributed by atoms with E-state index in [0.29, 0.717) is 11.3 Å². The number of carboxylic acids is 1. The molecule has 22 heavy (non-hydrogen) atoms. The third-order valence-corrected chi connectivity index (χ3v) is 3.38. The number of nitro benzene ring substituents is 1. The second kappa shape index (κ2) is 6.71. The van der Waals surface area contributed by atoms with Crippen LogP contribution in [0.2, 0.25) is 0 Å². The second-order valence-electron chi connectivity index (χ2n) is 4.80. The molecule has 0 aliphatic carbocycles. The zero-order valence-electron chi connectivity index (χ0n) is 11.9. The fourth-order valence-electron chi connectivity index (χ4n) is 2.20. The van der Waals surface area contributed by atoms with Crippen LogP contribution in [-0.4, -0.2) is 23.1 Å². The molecule has 114 valence electrons. The van der Waals surface area contributed by atoms with E-state index in [1.807, 2.05) is 0 Å². The zero-order chi connectivity index (χ0) is 16.1. The van der Waals surface area contributed by atoms with Crippen molar-refractivity contribution in [3.63, 3.8) is 0 Å². The maximum atomic E-state index is 11.5. The number of rotatable bonds is 6. The first-order chi connectivity index (χ1) is 10.5. The van der Waals surface area contributed by atoms with Crippen LogP contribution in [0.3, 0.4) is 0 Å². The molecule has 0 heterocycles. The molecule has 0 bridgehead atoms. The number of ether oxygens (including phenoxy) is 1. The number of carbonyl (C=O) groups is 1. The second-order valence-corrected chi connectivity index (χ2v) is 4.80. The van der Waals surface area contributed by atoms with Gasteiger partial charge in [-0.15, -0.1) is 0 Å². The van der Waals surface area contributed by atoms with Gasteiger partial charge in [0.05, 0.1) is 18.0 Å². The van der Waals surface area contributed by atoms with Crippen LogP contribution in [0.1, 0.15) is 17.0 Å². The molecule has 0 aliphatic rings. The summed E-state index contributed by atoms with van der Waals surface area (Å²) >= 11 is 0. The molecule has 1 N–H and O–H groups in total. The van der Waals surface area contributed by atoms with Crippen molar-refractivity contribution in [1.29, 1.82) is 0 Å². The summed E-state index contributed by atoms with van der Waals surface area (Å²) in [7, 11) is 1.52. The molecular formula is C16H15NO5. The minimum Gasteiger partial charge on any atom is -0.497 e. The lowest BCUT2D eigenvalue weighted by atomic mass is 9.92. The lowest BCUT2D eigenvalue weighted by Gasteiger charge is -2.14. The maximum absolute atomic E-state index is 11.5. The van der Waals surface area contributed by atoms with Gasteiger partial charge in [-0.25, -0.2) is 0 Å². The van der Waals surface area contributed by atoms with Crippen molar-refractivity contribution in [1.82, 2.24) is 0 Å². The van der Waals surface area contributed by atoms with E-state index in [4.69, 9.17) is 4.74 Å². The van der Waals surface area contributed by atoms with Gasteiger partial charge in [0.15, 0.2) is 0 Å². The van der Waals surface area contributed by atoms with Gasteiger partial charge in [0.1, 0.15) is 5.75 Å². The minimum atomic E-state index is -0.952. The van der Waals surface area contributed by atoms with Crippen molar-refractivity contribution in [3.05, 3.63) is 69.8 Å². The fraction of sp³-hybridized carbons (Fsp3) is 0.188. The van der Waals surface area contributed by atoms with Gasteiger partial charge in [0.2, 0.25) is 0 Å². The molecule has 0 fully saturated rings. The number of nitro groups is 1. The first-order valence-electron chi connectivity index (χ1n) is 6.61. The Bertz CT molecular complexity index is 681. The number of methoxy groups -OCH3 is 1. The standard InChI is InChI=1S/C16H15NO5/c1-22-14-4-2-3-12(10-14)15(16(18)19)9-11-5-7-13(8-6-11)17(20)21/h2-8,10,15H,9H2,1H3,(H,18,19). The predicted molar refractivity (Wildman–Crippen MR) is 80.2 cm³/mol. The molecule has 0 aromatic heterocycles. The highest BCUT2D eigenvalue weighted by Gasteiger charge is 2.21. The van der Waals surface area contributed by atoms with Crippen LogP contribution in [0.25, 0.3) is 0 Å². The van der Waals surface area contributed by atoms with Crippen molar-refractivity contribution < 1.29 is 19.6 Å². The number of non-ortho nitro benzene ring substituents is 1. The van der Waals surface area contributed by atoms with Crippen LogP contribution in [0.4, 0.5) is 5.69 Å². The van der Waals surface area contributed by atoms with Crippen LogP contribution < -0.4 is 4.74 Å². The summed E-state index contributed by atoms with van der Waals surface area (Å²) in [6.45, 7) is 0. The summed E-state index contributed by atoms with van der Waals surface area (Å²) in [6.07, 6.45) is 0.250. The normalized spacial score (nSPS) is 11.7. The summed E-state index contributed by atoms with van der Waals surface area (Å²) in [5.74, 6) is -1.10. The Morgan fingerprint density at radius 2 is 1.95 bits per heavy atom. The lowest BCUT2D eigenvalue weighted by Crippen LogP contribution is -2.14. The Labute approximate surface area is 127 Å². The van der Waals surface area contributed by atoms with Crippen molar-refractivity contribution in [2.75, 3.05) is 7.11 Å². The van der Waals surface area contributed by atoms with E-state index in [1.165, 1.54) is 19.2 Å². The first-order valence-corrected chi connectivity index (χ1v) is 6.61. The summed E-state index contributed by atoms with van der Waals surface area (Å²) in [4.78, 5) is 21.7. The van der Waals surface area contributed by atoms with Crippen LogP contribution >= 0.6 is 0 Å². The third kappa shape index (κ3) is 3.60. The van der Waals surface area contributed by atoms with E-state index in [1.54, 1.807) is 36.4 Å². The highest BCUT2D eigenvalue weighted by molar-refractivity contribution is 5.76. The van der Waals surface area contributed by atoms with Gasteiger partial charge >= 0.3 is 5.97 Å². The molecular weight excluding hydrogens is 286 g/mol. The molecule has 0 amide bonds. The topological polar surface area (TPSA) is 89.7 Å². The Morgan fingerprint density at radius 1 is 1.27 bits per heavy atom. The molecule has 0 radical (unpaired) electrons.